The second-order valence-electron chi connectivity index (χ2n) is 7.80. The van der Waals surface area contributed by atoms with Gasteiger partial charge >= 0.3 is 0 Å². The first-order valence-electron chi connectivity index (χ1n) is 9.63. The van der Waals surface area contributed by atoms with Crippen molar-refractivity contribution in [2.24, 2.45) is 0 Å². The molecule has 0 aliphatic carbocycles. The molecule has 0 saturated carbocycles. The maximum Gasteiger partial charge on any atom is 0.138 e. The highest BCUT2D eigenvalue weighted by atomic mass is 16.5. The number of nitriles is 1. The SMILES string of the molecule is CC(C)(O)COc1cc(-c2ccc(N3CCNCC3)nc2)c2c(C#N)cnn2c1. The van der Waals surface area contributed by atoms with Gasteiger partial charge in [0.05, 0.1) is 29.1 Å². The summed E-state index contributed by atoms with van der Waals surface area (Å²) in [7, 11) is 0. The van der Waals surface area contributed by atoms with Crippen LogP contribution in [0.4, 0.5) is 5.82 Å². The van der Waals surface area contributed by atoms with Gasteiger partial charge in [0.2, 0.25) is 0 Å². The number of hydrogen-bond acceptors (Lipinski definition) is 7. The number of fused-ring (bicyclic) bond motifs is 1. The molecule has 8 nitrogen and oxygen atoms in total. The average molecular weight is 392 g/mol. The Bertz CT molecular complexity index is 1040. The lowest BCUT2D eigenvalue weighted by atomic mass is 10.1. The fourth-order valence-corrected chi connectivity index (χ4v) is 3.36. The zero-order valence-corrected chi connectivity index (χ0v) is 16.6. The van der Waals surface area contributed by atoms with Crippen LogP contribution >= 0.6 is 0 Å². The Morgan fingerprint density at radius 3 is 2.72 bits per heavy atom. The van der Waals surface area contributed by atoms with Crippen molar-refractivity contribution >= 4 is 11.3 Å². The summed E-state index contributed by atoms with van der Waals surface area (Å²) in [5.41, 5.74) is 1.93. The Morgan fingerprint density at radius 2 is 2.07 bits per heavy atom. The molecule has 0 spiro atoms. The molecule has 1 fully saturated rings. The summed E-state index contributed by atoms with van der Waals surface area (Å²) in [5.74, 6) is 1.50. The summed E-state index contributed by atoms with van der Waals surface area (Å²) in [4.78, 5) is 6.89. The topological polar surface area (TPSA) is 98.7 Å². The van der Waals surface area contributed by atoms with Crippen LogP contribution in [-0.4, -0.2) is 58.1 Å². The molecular formula is C21H24N6O2. The van der Waals surface area contributed by atoms with E-state index in [2.05, 4.69) is 26.4 Å². The number of hydrogen-bond donors (Lipinski definition) is 2. The van der Waals surface area contributed by atoms with E-state index < -0.39 is 5.60 Å². The van der Waals surface area contributed by atoms with Crippen LogP contribution in [0.1, 0.15) is 19.4 Å². The summed E-state index contributed by atoms with van der Waals surface area (Å²) in [6.07, 6.45) is 5.08. The van der Waals surface area contributed by atoms with Crippen LogP contribution < -0.4 is 15.0 Å². The van der Waals surface area contributed by atoms with Gasteiger partial charge in [0.1, 0.15) is 24.2 Å². The first kappa shape index (κ1) is 19.2. The van der Waals surface area contributed by atoms with Crippen LogP contribution in [0.15, 0.2) is 36.8 Å². The molecule has 3 aromatic rings. The number of nitrogens with one attached hydrogen (secondary N) is 1. The Morgan fingerprint density at radius 1 is 1.28 bits per heavy atom. The highest BCUT2D eigenvalue weighted by Crippen LogP contribution is 2.31. The first-order chi connectivity index (χ1) is 13.9. The highest BCUT2D eigenvalue weighted by molar-refractivity contribution is 5.85. The van der Waals surface area contributed by atoms with E-state index in [-0.39, 0.29) is 6.61 Å². The number of nitrogens with zero attached hydrogens (tertiary/aromatic N) is 5. The van der Waals surface area contributed by atoms with Crippen LogP contribution in [0.3, 0.4) is 0 Å². The predicted molar refractivity (Wildman–Crippen MR) is 110 cm³/mol. The minimum Gasteiger partial charge on any atom is -0.489 e. The van der Waals surface area contributed by atoms with Crippen molar-refractivity contribution in [3.63, 3.8) is 0 Å². The summed E-state index contributed by atoms with van der Waals surface area (Å²) in [5, 5.41) is 27.1. The summed E-state index contributed by atoms with van der Waals surface area (Å²) in [6.45, 7) is 7.28. The molecule has 0 radical (unpaired) electrons. The fraction of sp³-hybridized carbons (Fsp3) is 0.381. The number of pyridine rings is 2. The van der Waals surface area contributed by atoms with Gasteiger partial charge in [-0.25, -0.2) is 9.50 Å². The smallest absolute Gasteiger partial charge is 0.138 e. The van der Waals surface area contributed by atoms with E-state index in [1.807, 2.05) is 24.4 Å². The second-order valence-corrected chi connectivity index (χ2v) is 7.80. The van der Waals surface area contributed by atoms with Gasteiger partial charge in [-0.1, -0.05) is 0 Å². The number of rotatable bonds is 5. The molecule has 4 heterocycles. The van der Waals surface area contributed by atoms with Crippen molar-refractivity contribution in [3.8, 4) is 22.9 Å². The minimum atomic E-state index is -0.955. The van der Waals surface area contributed by atoms with Crippen molar-refractivity contribution in [2.75, 3.05) is 37.7 Å². The molecule has 1 saturated heterocycles. The van der Waals surface area contributed by atoms with Gasteiger partial charge < -0.3 is 20.1 Å². The van der Waals surface area contributed by atoms with E-state index >= 15 is 0 Å². The lowest BCUT2D eigenvalue weighted by Gasteiger charge is -2.28. The summed E-state index contributed by atoms with van der Waals surface area (Å²) in [6, 6.07) is 8.08. The zero-order valence-electron chi connectivity index (χ0n) is 16.6. The molecule has 1 aliphatic rings. The Kier molecular flexibility index (Phi) is 5.09. The molecule has 0 amide bonds. The molecule has 1 aliphatic heterocycles. The van der Waals surface area contributed by atoms with Gasteiger partial charge in [-0.15, -0.1) is 0 Å². The van der Waals surface area contributed by atoms with Crippen LogP contribution in [0.25, 0.3) is 16.6 Å². The molecule has 0 aromatic carbocycles. The standard InChI is InChI=1S/C21H24N6O2/c1-21(2,28)14-29-17-9-18(20-16(10-22)12-25-27(20)13-17)15-3-4-19(24-11-15)26-7-5-23-6-8-26/h3-4,9,11-13,23,28H,5-8,14H2,1-2H3. The van der Waals surface area contributed by atoms with E-state index in [0.717, 1.165) is 43.1 Å². The van der Waals surface area contributed by atoms with E-state index in [0.29, 0.717) is 16.8 Å². The van der Waals surface area contributed by atoms with Gasteiger partial charge in [-0.2, -0.15) is 10.4 Å². The van der Waals surface area contributed by atoms with Crippen molar-refractivity contribution in [1.82, 2.24) is 19.9 Å². The largest absolute Gasteiger partial charge is 0.489 e. The van der Waals surface area contributed by atoms with Crippen LogP contribution in [-0.2, 0) is 0 Å². The normalized spacial score (nSPS) is 14.8. The lowest BCUT2D eigenvalue weighted by Crippen LogP contribution is -2.43. The van der Waals surface area contributed by atoms with Gasteiger partial charge in [0.25, 0.3) is 0 Å². The molecule has 0 unspecified atom stereocenters. The third-order valence-electron chi connectivity index (χ3n) is 4.80. The maximum atomic E-state index is 9.97. The van der Waals surface area contributed by atoms with Gasteiger partial charge in [0.15, 0.2) is 0 Å². The number of piperazine rings is 1. The van der Waals surface area contributed by atoms with E-state index in [4.69, 9.17) is 4.74 Å². The van der Waals surface area contributed by atoms with Crippen LogP contribution in [0.2, 0.25) is 0 Å². The van der Waals surface area contributed by atoms with Gasteiger partial charge in [-0.05, 0) is 32.0 Å². The van der Waals surface area contributed by atoms with E-state index in [1.165, 1.54) is 0 Å². The Balaban J connectivity index is 1.72. The number of aliphatic hydroxyl groups is 1. The Hall–Kier alpha value is -3.15. The summed E-state index contributed by atoms with van der Waals surface area (Å²) >= 11 is 0. The first-order valence-corrected chi connectivity index (χ1v) is 9.63. The van der Waals surface area contributed by atoms with Crippen molar-refractivity contribution in [1.29, 1.82) is 5.26 Å². The molecule has 4 rings (SSSR count). The molecule has 0 bridgehead atoms. The number of anilines is 1. The molecule has 29 heavy (non-hydrogen) atoms. The zero-order chi connectivity index (χ0) is 20.4. The third kappa shape index (κ3) is 4.16. The summed E-state index contributed by atoms with van der Waals surface area (Å²) < 4.78 is 7.41. The van der Waals surface area contributed by atoms with Crippen molar-refractivity contribution in [2.45, 2.75) is 19.4 Å². The molecule has 2 N–H and O–H groups in total. The van der Waals surface area contributed by atoms with E-state index in [1.54, 1.807) is 30.8 Å². The maximum absolute atomic E-state index is 9.97. The molecule has 8 heteroatoms. The van der Waals surface area contributed by atoms with Crippen LogP contribution in [0.5, 0.6) is 5.75 Å². The Labute approximate surface area is 169 Å². The van der Waals surface area contributed by atoms with Gasteiger partial charge in [0, 0.05) is 43.5 Å². The van der Waals surface area contributed by atoms with Crippen molar-refractivity contribution < 1.29 is 9.84 Å². The quantitative estimate of drug-likeness (QED) is 0.683. The predicted octanol–water partition coefficient (Wildman–Crippen LogP) is 1.83. The molecule has 3 aromatic heterocycles. The van der Waals surface area contributed by atoms with E-state index in [9.17, 15) is 10.4 Å². The van der Waals surface area contributed by atoms with Gasteiger partial charge in [-0.3, -0.25) is 0 Å². The number of aromatic nitrogens is 3. The number of ether oxygens (including phenoxy) is 1. The van der Waals surface area contributed by atoms with Crippen LogP contribution in [0, 0.1) is 11.3 Å². The minimum absolute atomic E-state index is 0.143. The fourth-order valence-electron chi connectivity index (χ4n) is 3.36. The molecule has 150 valence electrons. The highest BCUT2D eigenvalue weighted by Gasteiger charge is 2.18. The molecule has 0 atom stereocenters. The third-order valence-corrected chi connectivity index (χ3v) is 4.80. The molecular weight excluding hydrogens is 368 g/mol. The average Bonchev–Trinajstić information content (AvgIpc) is 3.15. The second kappa shape index (κ2) is 7.70. The lowest BCUT2D eigenvalue weighted by molar-refractivity contribution is 0.0283. The van der Waals surface area contributed by atoms with Crippen molar-refractivity contribution in [3.05, 3.63) is 42.4 Å². The monoisotopic (exact) mass is 392 g/mol.